The van der Waals surface area contributed by atoms with Crippen molar-refractivity contribution >= 4 is 58.2 Å². The summed E-state index contributed by atoms with van der Waals surface area (Å²) in [7, 11) is 0. The average Bonchev–Trinajstić information content (AvgIpc) is 4.24. The Kier molecular flexibility index (Phi) is 17.6. The number of amides is 5. The van der Waals surface area contributed by atoms with Crippen LogP contribution in [-0.2, 0) is 23.9 Å². The van der Waals surface area contributed by atoms with Gasteiger partial charge < -0.3 is 50.0 Å². The summed E-state index contributed by atoms with van der Waals surface area (Å²) < 4.78 is 12.5. The summed E-state index contributed by atoms with van der Waals surface area (Å²) in [6, 6.07) is 16.6. The molecule has 4 aliphatic heterocycles. The van der Waals surface area contributed by atoms with Gasteiger partial charge in [-0.1, -0.05) is 55.1 Å². The molecule has 10 rings (SSSR count). The first-order valence-corrected chi connectivity index (χ1v) is 29.5. The van der Waals surface area contributed by atoms with Crippen LogP contribution in [0, 0.1) is 11.8 Å². The summed E-state index contributed by atoms with van der Waals surface area (Å²) in [6.45, 7) is 11.6. The van der Waals surface area contributed by atoms with Crippen LogP contribution >= 0.6 is 11.6 Å². The topological polar surface area (TPSA) is 194 Å². The molecule has 6 aliphatic rings. The minimum Gasteiger partial charge on any atom is -0.444 e. The highest BCUT2D eigenvalue weighted by Crippen LogP contribution is 2.36. The summed E-state index contributed by atoms with van der Waals surface area (Å²) in [4.78, 5) is 89.8. The summed E-state index contributed by atoms with van der Waals surface area (Å²) in [5.41, 5.74) is 1.47. The third kappa shape index (κ3) is 13.8. The number of hydrogen-bond acceptors (Lipinski definition) is 11. The Bertz CT molecular complexity index is 2690. The molecule has 18 heteroatoms. The first-order valence-electron chi connectivity index (χ1n) is 29.1. The van der Waals surface area contributed by atoms with Gasteiger partial charge in [0, 0.05) is 81.6 Å². The smallest absolute Gasteiger partial charge is 0.408 e. The molecule has 6 fully saturated rings. The number of nitrogens with zero attached hydrogens (tertiary/aromatic N) is 6. The lowest BCUT2D eigenvalue weighted by molar-refractivity contribution is -0.139. The molecule has 4 N–H and O–H groups in total. The van der Waals surface area contributed by atoms with Crippen molar-refractivity contribution in [2.75, 3.05) is 63.8 Å². The van der Waals surface area contributed by atoms with Crippen molar-refractivity contribution in [3.63, 3.8) is 0 Å². The highest BCUT2D eigenvalue weighted by atomic mass is 35.5. The molecule has 5 amide bonds. The summed E-state index contributed by atoms with van der Waals surface area (Å²) >= 11 is 6.36. The molecule has 4 saturated heterocycles. The molecule has 4 aromatic rings. The van der Waals surface area contributed by atoms with Crippen molar-refractivity contribution in [1.82, 2.24) is 45.6 Å². The van der Waals surface area contributed by atoms with Gasteiger partial charge in [0.1, 0.15) is 35.0 Å². The molecule has 2 aliphatic carbocycles. The van der Waals surface area contributed by atoms with Crippen molar-refractivity contribution in [2.24, 2.45) is 11.8 Å². The van der Waals surface area contributed by atoms with Gasteiger partial charge in [0.25, 0.3) is 5.91 Å². The second-order valence-electron chi connectivity index (χ2n) is 24.0. The van der Waals surface area contributed by atoms with E-state index < -0.39 is 23.3 Å². The molecule has 17 nitrogen and oxygen atoms in total. The summed E-state index contributed by atoms with van der Waals surface area (Å²) in [5.74, 6) is 1.41. The minimum absolute atomic E-state index is 0.0242. The fraction of sp³-hybridized carbons (Fsp3) is 0.617. The van der Waals surface area contributed by atoms with E-state index >= 15 is 0 Å². The maximum Gasteiger partial charge on any atom is 0.408 e. The summed E-state index contributed by atoms with van der Waals surface area (Å²) in [5, 5.41) is 11.1. The zero-order valence-electron chi connectivity index (χ0n) is 46.0. The number of H-pyrrole nitrogens is 1. The number of ether oxygens (including phenoxy) is 2. The molecule has 78 heavy (non-hydrogen) atoms. The number of benzene rings is 2. The standard InChI is InChI=1S/C60H81ClN10O7/c1-59(2,3)78-58(76)67-60(27-37-69(38-28-60)53-49-19-29-62-52(49)63-39-64-53)57(75)65-50(42-15-17-46(61)18-16-42)26-32-68-30-22-47(23-31-68)77-48-24-35-71(36-25-48)56(74)51(43-7-5-4-6-8-43)66-54(72)44-11-9-40(10-12-44)41-20-33-70(34-21-41)55(73)45-13-14-45/h9-12,15-19,29,39,41,43,45,47-48,50-51H,4-8,13-14,20-28,30-38H2,1-3H3,(H,65,75)(H,66,72)(H,67,76)(H,62,63,64)/t50-,51+/m0/s1. The Morgan fingerprint density at radius 3 is 2.05 bits per heavy atom. The van der Waals surface area contributed by atoms with Crippen LogP contribution in [0.2, 0.25) is 5.02 Å². The number of likely N-dealkylation sites (tertiary alicyclic amines) is 3. The Labute approximate surface area is 464 Å². The van der Waals surface area contributed by atoms with Crippen molar-refractivity contribution < 1.29 is 33.4 Å². The molecule has 6 heterocycles. The van der Waals surface area contributed by atoms with Crippen LogP contribution in [0.1, 0.15) is 157 Å². The zero-order valence-corrected chi connectivity index (χ0v) is 46.7. The number of carbonyl (C=O) groups is 5. The van der Waals surface area contributed by atoms with Gasteiger partial charge in [-0.2, -0.15) is 0 Å². The first kappa shape index (κ1) is 55.5. The molecular weight excluding hydrogens is 1010 g/mol. The van der Waals surface area contributed by atoms with E-state index in [1.54, 1.807) is 0 Å². The van der Waals surface area contributed by atoms with E-state index in [1.807, 2.05) is 79.2 Å². The zero-order chi connectivity index (χ0) is 54.4. The fourth-order valence-corrected chi connectivity index (χ4v) is 12.8. The van der Waals surface area contributed by atoms with Crippen LogP contribution in [0.3, 0.4) is 0 Å². The van der Waals surface area contributed by atoms with E-state index in [2.05, 4.69) is 52.8 Å². The molecule has 0 unspecified atom stereocenters. The van der Waals surface area contributed by atoms with Crippen molar-refractivity contribution in [1.29, 1.82) is 0 Å². The number of carbonyl (C=O) groups excluding carboxylic acids is 5. The van der Waals surface area contributed by atoms with Gasteiger partial charge in [-0.15, -0.1) is 0 Å². The van der Waals surface area contributed by atoms with Gasteiger partial charge >= 0.3 is 6.09 Å². The minimum atomic E-state index is -1.23. The molecule has 2 aromatic heterocycles. The van der Waals surface area contributed by atoms with Crippen LogP contribution < -0.4 is 20.9 Å². The number of nitrogens with one attached hydrogen (secondary N) is 4. The van der Waals surface area contributed by atoms with Gasteiger partial charge in [-0.25, -0.2) is 14.8 Å². The second-order valence-corrected chi connectivity index (χ2v) is 24.5. The molecular formula is C60H81ClN10O7. The number of rotatable bonds is 16. The number of hydrogen-bond donors (Lipinski definition) is 4. The molecule has 420 valence electrons. The van der Waals surface area contributed by atoms with Gasteiger partial charge in [-0.05, 0) is 158 Å². The van der Waals surface area contributed by atoms with Gasteiger partial charge in [-0.3, -0.25) is 19.2 Å². The maximum absolute atomic E-state index is 14.8. The molecule has 0 spiro atoms. The van der Waals surface area contributed by atoms with E-state index in [0.717, 1.165) is 139 Å². The van der Waals surface area contributed by atoms with Crippen LogP contribution in [0.4, 0.5) is 10.6 Å². The van der Waals surface area contributed by atoms with Crippen molar-refractivity contribution in [2.45, 2.75) is 165 Å². The molecule has 0 bridgehead atoms. The highest BCUT2D eigenvalue weighted by molar-refractivity contribution is 6.30. The molecule has 2 saturated carbocycles. The van der Waals surface area contributed by atoms with Crippen LogP contribution in [-0.4, -0.2) is 148 Å². The lowest BCUT2D eigenvalue weighted by atomic mass is 9.83. The Hall–Kier alpha value is -5.78. The fourth-order valence-electron chi connectivity index (χ4n) is 12.7. The van der Waals surface area contributed by atoms with Gasteiger partial charge in [0.2, 0.25) is 17.7 Å². The van der Waals surface area contributed by atoms with E-state index in [0.29, 0.717) is 67.9 Å². The lowest BCUT2D eigenvalue weighted by Crippen LogP contribution is -2.64. The van der Waals surface area contributed by atoms with E-state index in [-0.39, 0.29) is 47.8 Å². The SMILES string of the molecule is CC(C)(C)OC(=O)NC1(C(=O)N[C@@H](CCN2CCC(OC3CCN(C(=O)[C@H](NC(=O)c4ccc(C5CCN(C(=O)C6CC6)CC5)cc4)C4CCCCC4)CC3)CC2)c2ccc(Cl)cc2)CCN(c2ncnc3[nH]ccc23)CC1. The Balaban J connectivity index is 0.704. The molecule has 0 radical (unpaired) electrons. The van der Waals surface area contributed by atoms with E-state index in [1.165, 1.54) is 11.9 Å². The number of fused-ring (bicyclic) bond motifs is 1. The van der Waals surface area contributed by atoms with E-state index in [9.17, 15) is 24.0 Å². The first-order chi connectivity index (χ1) is 37.7. The quantitative estimate of drug-likeness (QED) is 0.0839. The predicted octanol–water partition coefficient (Wildman–Crippen LogP) is 8.69. The van der Waals surface area contributed by atoms with Gasteiger partial charge in [0.05, 0.1) is 23.6 Å². The number of alkyl carbamates (subject to hydrolysis) is 1. The molecule has 2 atom stereocenters. The van der Waals surface area contributed by atoms with Crippen molar-refractivity contribution in [3.05, 3.63) is 88.8 Å². The number of anilines is 1. The largest absolute Gasteiger partial charge is 0.444 e. The molecule has 2 aromatic carbocycles. The number of piperidine rings is 4. The van der Waals surface area contributed by atoms with Gasteiger partial charge in [0.15, 0.2) is 0 Å². The Morgan fingerprint density at radius 2 is 1.40 bits per heavy atom. The van der Waals surface area contributed by atoms with E-state index in [4.69, 9.17) is 21.1 Å². The predicted molar refractivity (Wildman–Crippen MR) is 300 cm³/mol. The second kappa shape index (κ2) is 24.7. The van der Waals surface area contributed by atoms with Crippen LogP contribution in [0.5, 0.6) is 0 Å². The van der Waals surface area contributed by atoms with Crippen molar-refractivity contribution in [3.8, 4) is 0 Å². The Morgan fingerprint density at radius 1 is 0.744 bits per heavy atom. The third-order valence-electron chi connectivity index (χ3n) is 17.5. The summed E-state index contributed by atoms with van der Waals surface area (Å²) in [6.07, 6.45) is 16.6. The third-order valence-corrected chi connectivity index (χ3v) is 17.7. The lowest BCUT2D eigenvalue weighted by Gasteiger charge is -2.42. The normalized spacial score (nSPS) is 21.2. The highest BCUT2D eigenvalue weighted by Gasteiger charge is 2.45. The number of aromatic nitrogens is 3. The van der Waals surface area contributed by atoms with Crippen LogP contribution in [0.15, 0.2) is 67.1 Å². The number of aromatic amines is 1. The monoisotopic (exact) mass is 1090 g/mol. The maximum atomic E-state index is 14.8. The number of halogens is 1. The van der Waals surface area contributed by atoms with Crippen LogP contribution in [0.25, 0.3) is 11.0 Å². The average molecular weight is 1090 g/mol.